The van der Waals surface area contributed by atoms with Gasteiger partial charge in [-0.3, -0.25) is 4.79 Å². The van der Waals surface area contributed by atoms with Crippen molar-refractivity contribution in [1.29, 1.82) is 0 Å². The summed E-state index contributed by atoms with van der Waals surface area (Å²) >= 11 is 0. The molecule has 4 rings (SSSR count). The predicted molar refractivity (Wildman–Crippen MR) is 103 cm³/mol. The normalized spacial score (nSPS) is 26.8. The van der Waals surface area contributed by atoms with Gasteiger partial charge in [0.1, 0.15) is 0 Å². The molecule has 1 aliphatic heterocycles. The summed E-state index contributed by atoms with van der Waals surface area (Å²) in [5, 5.41) is 15.0. The van der Waals surface area contributed by atoms with Crippen molar-refractivity contribution in [3.8, 4) is 11.1 Å². The van der Waals surface area contributed by atoms with Crippen molar-refractivity contribution in [2.45, 2.75) is 38.1 Å². The standard InChI is InChI=1S/C22H21F3N2O2/c1-14-6-5-9-18-19(14)26-27(21(18,29)22(23,24)25)20(28)17-12-10-16(11-13-17)15-7-3-2-4-8-15/h2-4,7-8,10-14,18,29H,5-6,9H2,1H3/t14-,18+,21+/m1/s1. The molecule has 0 unspecified atom stereocenters. The van der Waals surface area contributed by atoms with Crippen molar-refractivity contribution in [3.63, 3.8) is 0 Å². The van der Waals surface area contributed by atoms with Gasteiger partial charge in [0.25, 0.3) is 11.6 Å². The van der Waals surface area contributed by atoms with E-state index in [2.05, 4.69) is 5.10 Å². The van der Waals surface area contributed by atoms with Gasteiger partial charge in [-0.05, 0) is 42.0 Å². The number of rotatable bonds is 2. The number of benzene rings is 2. The Bertz CT molecular complexity index is 941. The lowest BCUT2D eigenvalue weighted by Crippen LogP contribution is -2.61. The summed E-state index contributed by atoms with van der Waals surface area (Å²) < 4.78 is 41.8. The zero-order valence-electron chi connectivity index (χ0n) is 15.9. The molecule has 7 heteroatoms. The van der Waals surface area contributed by atoms with Crippen molar-refractivity contribution in [2.75, 3.05) is 0 Å². The third-order valence-electron chi connectivity index (χ3n) is 5.86. The van der Waals surface area contributed by atoms with Gasteiger partial charge in [0.2, 0.25) is 0 Å². The van der Waals surface area contributed by atoms with E-state index in [1.165, 1.54) is 12.1 Å². The lowest BCUT2D eigenvalue weighted by atomic mass is 9.75. The maximum absolute atomic E-state index is 13.9. The van der Waals surface area contributed by atoms with E-state index in [4.69, 9.17) is 0 Å². The van der Waals surface area contributed by atoms with E-state index in [0.29, 0.717) is 12.8 Å². The number of aliphatic hydroxyl groups is 1. The molecule has 1 aliphatic carbocycles. The topological polar surface area (TPSA) is 52.9 Å². The molecule has 0 saturated heterocycles. The van der Waals surface area contributed by atoms with E-state index < -0.39 is 23.7 Å². The Labute approximate surface area is 166 Å². The molecule has 2 aliphatic rings. The van der Waals surface area contributed by atoms with Crippen LogP contribution in [-0.2, 0) is 0 Å². The molecule has 1 fully saturated rings. The van der Waals surface area contributed by atoms with Crippen molar-refractivity contribution < 1.29 is 23.1 Å². The van der Waals surface area contributed by atoms with Crippen molar-refractivity contribution >= 4 is 11.6 Å². The molecule has 1 heterocycles. The van der Waals surface area contributed by atoms with E-state index in [9.17, 15) is 23.1 Å². The summed E-state index contributed by atoms with van der Waals surface area (Å²) in [6.45, 7) is 1.78. The molecule has 2 aromatic carbocycles. The monoisotopic (exact) mass is 402 g/mol. The number of carbonyl (C=O) groups is 1. The molecule has 1 amide bonds. The number of hydrazone groups is 1. The molecule has 3 atom stereocenters. The minimum Gasteiger partial charge on any atom is -0.362 e. The first-order chi connectivity index (χ1) is 13.7. The van der Waals surface area contributed by atoms with Gasteiger partial charge in [-0.25, -0.2) is 0 Å². The van der Waals surface area contributed by atoms with Crippen LogP contribution in [0.3, 0.4) is 0 Å². The second-order valence-corrected chi connectivity index (χ2v) is 7.69. The molecule has 0 radical (unpaired) electrons. The summed E-state index contributed by atoms with van der Waals surface area (Å²) in [5.41, 5.74) is -1.25. The Kier molecular flexibility index (Phi) is 4.73. The summed E-state index contributed by atoms with van der Waals surface area (Å²) in [6.07, 6.45) is -3.62. The Morgan fingerprint density at radius 3 is 2.31 bits per heavy atom. The average molecular weight is 402 g/mol. The van der Waals surface area contributed by atoms with Crippen LogP contribution in [0.4, 0.5) is 13.2 Å². The highest BCUT2D eigenvalue weighted by atomic mass is 19.4. The first-order valence-corrected chi connectivity index (χ1v) is 9.61. The first-order valence-electron chi connectivity index (χ1n) is 9.61. The van der Waals surface area contributed by atoms with E-state index in [1.54, 1.807) is 19.1 Å². The quantitative estimate of drug-likeness (QED) is 0.781. The maximum Gasteiger partial charge on any atom is 0.439 e. The van der Waals surface area contributed by atoms with Crippen molar-refractivity contribution in [2.24, 2.45) is 16.9 Å². The Morgan fingerprint density at radius 1 is 1.07 bits per heavy atom. The Morgan fingerprint density at radius 2 is 1.69 bits per heavy atom. The van der Waals surface area contributed by atoms with Crippen LogP contribution in [0, 0.1) is 11.8 Å². The highest BCUT2D eigenvalue weighted by Crippen LogP contribution is 2.49. The second kappa shape index (κ2) is 6.99. The van der Waals surface area contributed by atoms with Gasteiger partial charge in [-0.2, -0.15) is 23.3 Å². The highest BCUT2D eigenvalue weighted by Gasteiger charge is 2.69. The Hall–Kier alpha value is -2.67. The second-order valence-electron chi connectivity index (χ2n) is 7.69. The Balaban J connectivity index is 1.69. The fraction of sp³-hybridized carbons (Fsp3) is 0.364. The van der Waals surface area contributed by atoms with Gasteiger partial charge < -0.3 is 5.11 Å². The van der Waals surface area contributed by atoms with Crippen molar-refractivity contribution in [3.05, 3.63) is 60.2 Å². The number of hydrogen-bond donors (Lipinski definition) is 1. The van der Waals surface area contributed by atoms with Crippen LogP contribution in [-0.4, -0.2) is 33.6 Å². The van der Waals surface area contributed by atoms with E-state index in [-0.39, 0.29) is 28.6 Å². The summed E-state index contributed by atoms with van der Waals surface area (Å²) in [7, 11) is 0. The molecule has 29 heavy (non-hydrogen) atoms. The lowest BCUT2D eigenvalue weighted by molar-refractivity contribution is -0.312. The minimum absolute atomic E-state index is 0.0445. The molecular formula is C22H21F3N2O2. The van der Waals surface area contributed by atoms with E-state index in [0.717, 1.165) is 11.1 Å². The smallest absolute Gasteiger partial charge is 0.362 e. The predicted octanol–water partition coefficient (Wildman–Crippen LogP) is 4.85. The number of carbonyl (C=O) groups excluding carboxylic acids is 1. The van der Waals surface area contributed by atoms with Crippen LogP contribution in [0.5, 0.6) is 0 Å². The fourth-order valence-electron chi connectivity index (χ4n) is 4.26. The molecule has 0 aromatic heterocycles. The molecule has 0 bridgehead atoms. The SMILES string of the molecule is C[C@@H]1CCC[C@H]2C1=NN(C(=O)c1ccc(-c3ccccc3)cc1)[C@@]2(O)C(F)(F)F. The number of alkyl halides is 3. The zero-order valence-corrected chi connectivity index (χ0v) is 15.9. The van der Waals surface area contributed by atoms with Crippen LogP contribution in [0.2, 0.25) is 0 Å². The van der Waals surface area contributed by atoms with Gasteiger partial charge in [-0.15, -0.1) is 0 Å². The highest BCUT2D eigenvalue weighted by molar-refractivity contribution is 6.00. The van der Waals surface area contributed by atoms with Crippen LogP contribution in [0.15, 0.2) is 59.7 Å². The zero-order chi connectivity index (χ0) is 20.8. The summed E-state index contributed by atoms with van der Waals surface area (Å²) in [6, 6.07) is 15.7. The third kappa shape index (κ3) is 3.13. The summed E-state index contributed by atoms with van der Waals surface area (Å²) in [4.78, 5) is 13.0. The number of fused-ring (bicyclic) bond motifs is 1. The molecule has 0 spiro atoms. The number of amides is 1. The van der Waals surface area contributed by atoms with Crippen LogP contribution >= 0.6 is 0 Å². The molecule has 2 aromatic rings. The van der Waals surface area contributed by atoms with Crippen molar-refractivity contribution in [1.82, 2.24) is 5.01 Å². The van der Waals surface area contributed by atoms with Gasteiger partial charge in [0.05, 0.1) is 5.92 Å². The molecular weight excluding hydrogens is 381 g/mol. The van der Waals surface area contributed by atoms with Crippen LogP contribution < -0.4 is 0 Å². The largest absolute Gasteiger partial charge is 0.439 e. The number of nitrogens with zero attached hydrogens (tertiary/aromatic N) is 2. The van der Waals surface area contributed by atoms with E-state index >= 15 is 0 Å². The average Bonchev–Trinajstić information content (AvgIpc) is 3.04. The fourth-order valence-corrected chi connectivity index (χ4v) is 4.26. The van der Waals surface area contributed by atoms with Gasteiger partial charge >= 0.3 is 6.18 Å². The van der Waals surface area contributed by atoms with Crippen LogP contribution in [0.25, 0.3) is 11.1 Å². The molecule has 1 N–H and O–H groups in total. The first kappa shape index (κ1) is 19.6. The molecule has 4 nitrogen and oxygen atoms in total. The maximum atomic E-state index is 13.9. The molecule has 1 saturated carbocycles. The number of halogens is 3. The molecule has 152 valence electrons. The van der Waals surface area contributed by atoms with Crippen LogP contribution in [0.1, 0.15) is 36.5 Å². The third-order valence-corrected chi connectivity index (χ3v) is 5.86. The number of hydrogen-bond acceptors (Lipinski definition) is 3. The lowest BCUT2D eigenvalue weighted by Gasteiger charge is -2.39. The summed E-state index contributed by atoms with van der Waals surface area (Å²) in [5.74, 6) is -2.39. The minimum atomic E-state index is -5.01. The van der Waals surface area contributed by atoms with E-state index in [1.807, 2.05) is 30.3 Å². The van der Waals surface area contributed by atoms with Gasteiger partial charge in [-0.1, -0.05) is 55.8 Å². The van der Waals surface area contributed by atoms with Gasteiger partial charge in [0, 0.05) is 11.3 Å². The van der Waals surface area contributed by atoms with Gasteiger partial charge in [0.15, 0.2) is 0 Å².